The first-order chi connectivity index (χ1) is 14.7. The van der Waals surface area contributed by atoms with E-state index < -0.39 is 0 Å². The Balaban J connectivity index is 0.00000341. The molecule has 3 rings (SSSR count). The SMILES string of the molecule is CN(C)CCOc1ccc(/C(=C(/CCCO)c2ccccc2)c2ccncc2)cc1.Cl. The van der Waals surface area contributed by atoms with Gasteiger partial charge in [-0.1, -0.05) is 42.5 Å². The van der Waals surface area contributed by atoms with Crippen LogP contribution in [0.2, 0.25) is 0 Å². The Morgan fingerprint density at radius 3 is 2.13 bits per heavy atom. The van der Waals surface area contributed by atoms with Crippen LogP contribution in [0.25, 0.3) is 11.1 Å². The molecule has 1 aromatic heterocycles. The lowest BCUT2D eigenvalue weighted by atomic mass is 9.87. The number of ether oxygens (including phenoxy) is 1. The minimum Gasteiger partial charge on any atom is -0.492 e. The van der Waals surface area contributed by atoms with E-state index in [0.29, 0.717) is 13.0 Å². The van der Waals surface area contributed by atoms with Crippen molar-refractivity contribution in [3.8, 4) is 5.75 Å². The number of hydrogen-bond donors (Lipinski definition) is 1. The second-order valence-corrected chi connectivity index (χ2v) is 7.46. The number of hydrogen-bond acceptors (Lipinski definition) is 4. The number of halogens is 1. The summed E-state index contributed by atoms with van der Waals surface area (Å²) in [5.74, 6) is 0.867. The minimum atomic E-state index is 0. The molecule has 0 radical (unpaired) electrons. The summed E-state index contributed by atoms with van der Waals surface area (Å²) >= 11 is 0. The molecule has 0 bridgehead atoms. The van der Waals surface area contributed by atoms with Crippen molar-refractivity contribution in [1.82, 2.24) is 9.88 Å². The van der Waals surface area contributed by atoms with E-state index in [-0.39, 0.29) is 19.0 Å². The van der Waals surface area contributed by atoms with E-state index in [9.17, 15) is 5.11 Å². The largest absolute Gasteiger partial charge is 0.492 e. The van der Waals surface area contributed by atoms with Crippen LogP contribution in [-0.2, 0) is 0 Å². The zero-order valence-electron chi connectivity index (χ0n) is 18.2. The molecule has 0 saturated carbocycles. The molecule has 3 aromatic rings. The summed E-state index contributed by atoms with van der Waals surface area (Å²) in [6, 6.07) is 22.8. The molecule has 2 aromatic carbocycles. The second kappa shape index (κ2) is 12.9. The van der Waals surface area contributed by atoms with Crippen molar-refractivity contribution in [2.45, 2.75) is 12.8 Å². The van der Waals surface area contributed by atoms with Crippen LogP contribution in [0.15, 0.2) is 79.1 Å². The standard InChI is InChI=1S/C26H30N2O2.ClH/c1-28(2)18-20-30-24-12-10-22(11-13-24)26(23-14-16-27-17-15-23)25(9-6-19-29)21-7-4-3-5-8-21;/h3-5,7-8,10-17,29H,6,9,18-20H2,1-2H3;1H/b26-25+;. The smallest absolute Gasteiger partial charge is 0.119 e. The molecule has 0 atom stereocenters. The number of pyridine rings is 1. The van der Waals surface area contributed by atoms with Crippen LogP contribution in [-0.4, -0.2) is 48.8 Å². The summed E-state index contributed by atoms with van der Waals surface area (Å²) in [6.45, 7) is 1.70. The zero-order chi connectivity index (χ0) is 21.2. The third-order valence-corrected chi connectivity index (χ3v) is 4.93. The minimum absolute atomic E-state index is 0. The Hall–Kier alpha value is -2.66. The fraction of sp³-hybridized carbons (Fsp3) is 0.269. The van der Waals surface area contributed by atoms with Gasteiger partial charge in [0.25, 0.3) is 0 Å². The van der Waals surface area contributed by atoms with Gasteiger partial charge in [-0.05, 0) is 79.0 Å². The molecule has 0 saturated heterocycles. The summed E-state index contributed by atoms with van der Waals surface area (Å²) in [7, 11) is 4.07. The number of likely N-dealkylation sites (N-methyl/N-ethyl adjacent to an activating group) is 1. The monoisotopic (exact) mass is 438 g/mol. The normalized spacial score (nSPS) is 11.6. The van der Waals surface area contributed by atoms with Crippen LogP contribution in [0.5, 0.6) is 5.75 Å². The van der Waals surface area contributed by atoms with Crippen molar-refractivity contribution >= 4 is 23.6 Å². The molecule has 0 spiro atoms. The highest BCUT2D eigenvalue weighted by Gasteiger charge is 2.14. The molecular weight excluding hydrogens is 408 g/mol. The first-order valence-electron chi connectivity index (χ1n) is 10.4. The molecular formula is C26H31ClN2O2. The highest BCUT2D eigenvalue weighted by Crippen LogP contribution is 2.35. The van der Waals surface area contributed by atoms with Crippen LogP contribution < -0.4 is 4.74 Å². The van der Waals surface area contributed by atoms with Gasteiger partial charge in [0.2, 0.25) is 0 Å². The molecule has 0 amide bonds. The maximum atomic E-state index is 9.49. The number of aliphatic hydroxyl groups excluding tert-OH is 1. The second-order valence-electron chi connectivity index (χ2n) is 7.46. The van der Waals surface area contributed by atoms with Crippen molar-refractivity contribution < 1.29 is 9.84 Å². The summed E-state index contributed by atoms with van der Waals surface area (Å²) in [5.41, 5.74) is 5.79. The maximum Gasteiger partial charge on any atom is 0.119 e. The van der Waals surface area contributed by atoms with Crippen molar-refractivity contribution in [2.75, 3.05) is 33.9 Å². The van der Waals surface area contributed by atoms with Gasteiger partial charge in [0, 0.05) is 25.5 Å². The van der Waals surface area contributed by atoms with E-state index in [4.69, 9.17) is 4.74 Å². The lowest BCUT2D eigenvalue weighted by Crippen LogP contribution is -2.19. The molecule has 1 N–H and O–H groups in total. The lowest BCUT2D eigenvalue weighted by molar-refractivity contribution is 0.261. The number of nitrogens with zero attached hydrogens (tertiary/aromatic N) is 2. The van der Waals surface area contributed by atoms with Crippen LogP contribution in [0, 0.1) is 0 Å². The third-order valence-electron chi connectivity index (χ3n) is 4.93. The fourth-order valence-corrected chi connectivity index (χ4v) is 3.41. The van der Waals surface area contributed by atoms with Crippen molar-refractivity contribution in [2.24, 2.45) is 0 Å². The van der Waals surface area contributed by atoms with Crippen LogP contribution >= 0.6 is 12.4 Å². The highest BCUT2D eigenvalue weighted by molar-refractivity contribution is 5.98. The summed E-state index contributed by atoms with van der Waals surface area (Å²) in [4.78, 5) is 6.29. The predicted molar refractivity (Wildman–Crippen MR) is 131 cm³/mol. The average Bonchev–Trinajstić information content (AvgIpc) is 2.78. The van der Waals surface area contributed by atoms with Gasteiger partial charge in [0.1, 0.15) is 12.4 Å². The van der Waals surface area contributed by atoms with Gasteiger partial charge in [0.15, 0.2) is 0 Å². The van der Waals surface area contributed by atoms with E-state index in [1.165, 1.54) is 11.1 Å². The lowest BCUT2D eigenvalue weighted by Gasteiger charge is -2.18. The number of benzene rings is 2. The van der Waals surface area contributed by atoms with E-state index in [1.807, 2.05) is 56.8 Å². The van der Waals surface area contributed by atoms with Crippen LogP contribution in [0.1, 0.15) is 29.5 Å². The van der Waals surface area contributed by atoms with Crippen molar-refractivity contribution in [1.29, 1.82) is 0 Å². The zero-order valence-corrected chi connectivity index (χ0v) is 19.0. The molecule has 0 fully saturated rings. The average molecular weight is 439 g/mol. The van der Waals surface area contributed by atoms with Gasteiger partial charge in [-0.25, -0.2) is 0 Å². The first-order valence-corrected chi connectivity index (χ1v) is 10.4. The Labute approximate surface area is 191 Å². The van der Waals surface area contributed by atoms with Crippen molar-refractivity contribution in [3.05, 3.63) is 95.8 Å². The number of aromatic nitrogens is 1. The maximum absolute atomic E-state index is 9.49. The van der Waals surface area contributed by atoms with Crippen LogP contribution in [0.3, 0.4) is 0 Å². The van der Waals surface area contributed by atoms with Crippen molar-refractivity contribution in [3.63, 3.8) is 0 Å². The van der Waals surface area contributed by atoms with Crippen LogP contribution in [0.4, 0.5) is 0 Å². The topological polar surface area (TPSA) is 45.6 Å². The third kappa shape index (κ3) is 7.21. The number of allylic oxidation sites excluding steroid dienone is 1. The Morgan fingerprint density at radius 1 is 0.871 bits per heavy atom. The molecule has 0 aliphatic rings. The predicted octanol–water partition coefficient (Wildman–Crippen LogP) is 5.18. The highest BCUT2D eigenvalue weighted by atomic mass is 35.5. The van der Waals surface area contributed by atoms with Gasteiger partial charge in [0.05, 0.1) is 0 Å². The van der Waals surface area contributed by atoms with Gasteiger partial charge in [-0.15, -0.1) is 12.4 Å². The van der Waals surface area contributed by atoms with E-state index in [2.05, 4.69) is 46.3 Å². The number of aliphatic hydroxyl groups is 1. The first kappa shape index (κ1) is 24.6. The molecule has 0 aliphatic heterocycles. The molecule has 0 aliphatic carbocycles. The number of rotatable bonds is 10. The van der Waals surface area contributed by atoms with Gasteiger partial charge < -0.3 is 14.7 Å². The summed E-state index contributed by atoms with van der Waals surface area (Å²) in [6.07, 6.45) is 5.15. The molecule has 1 heterocycles. The molecule has 4 nitrogen and oxygen atoms in total. The fourth-order valence-electron chi connectivity index (χ4n) is 3.41. The molecule has 0 unspecified atom stereocenters. The molecule has 31 heavy (non-hydrogen) atoms. The summed E-state index contributed by atoms with van der Waals surface area (Å²) < 4.78 is 5.87. The summed E-state index contributed by atoms with van der Waals surface area (Å²) in [5, 5.41) is 9.49. The van der Waals surface area contributed by atoms with Gasteiger partial charge in [-0.3, -0.25) is 4.98 Å². The van der Waals surface area contributed by atoms with E-state index in [1.54, 1.807) is 0 Å². The Bertz CT molecular complexity index is 927. The molecule has 5 heteroatoms. The Kier molecular flexibility index (Phi) is 10.2. The quantitative estimate of drug-likeness (QED) is 0.443. The van der Waals surface area contributed by atoms with E-state index >= 15 is 0 Å². The van der Waals surface area contributed by atoms with E-state index in [0.717, 1.165) is 35.4 Å². The van der Waals surface area contributed by atoms with Gasteiger partial charge in [-0.2, -0.15) is 0 Å². The molecule has 164 valence electrons. The van der Waals surface area contributed by atoms with Gasteiger partial charge >= 0.3 is 0 Å². The Morgan fingerprint density at radius 2 is 1.52 bits per heavy atom.